The SMILES string of the molecule is COc1cc(Cl)c(C)cc1NC(=O)CC(=O)Nc1cccc(C#N)c1. The Labute approximate surface area is 150 Å². The summed E-state index contributed by atoms with van der Waals surface area (Å²) in [6.45, 7) is 1.80. The minimum Gasteiger partial charge on any atom is -0.495 e. The second kappa shape index (κ2) is 8.18. The first-order chi connectivity index (χ1) is 11.9. The van der Waals surface area contributed by atoms with Gasteiger partial charge in [0.15, 0.2) is 0 Å². The Hall–Kier alpha value is -3.04. The maximum atomic E-state index is 12.1. The zero-order valence-corrected chi connectivity index (χ0v) is 14.5. The van der Waals surface area contributed by atoms with Crippen molar-refractivity contribution in [3.8, 4) is 11.8 Å². The summed E-state index contributed by atoms with van der Waals surface area (Å²) in [7, 11) is 1.46. The topological polar surface area (TPSA) is 91.2 Å². The highest BCUT2D eigenvalue weighted by Crippen LogP contribution is 2.31. The normalized spacial score (nSPS) is 9.84. The monoisotopic (exact) mass is 357 g/mol. The van der Waals surface area contributed by atoms with Gasteiger partial charge in [-0.05, 0) is 36.8 Å². The van der Waals surface area contributed by atoms with E-state index in [1.807, 2.05) is 6.07 Å². The van der Waals surface area contributed by atoms with Gasteiger partial charge in [0.25, 0.3) is 0 Å². The van der Waals surface area contributed by atoms with E-state index in [0.29, 0.717) is 27.7 Å². The fraction of sp³-hybridized carbons (Fsp3) is 0.167. The number of halogens is 1. The van der Waals surface area contributed by atoms with Gasteiger partial charge in [0.05, 0.1) is 24.4 Å². The van der Waals surface area contributed by atoms with Crippen LogP contribution in [0.1, 0.15) is 17.5 Å². The van der Waals surface area contributed by atoms with Crippen LogP contribution in [0.4, 0.5) is 11.4 Å². The van der Waals surface area contributed by atoms with E-state index >= 15 is 0 Å². The highest BCUT2D eigenvalue weighted by Gasteiger charge is 2.14. The van der Waals surface area contributed by atoms with Crippen molar-refractivity contribution >= 4 is 34.8 Å². The number of nitrogens with one attached hydrogen (secondary N) is 2. The summed E-state index contributed by atoms with van der Waals surface area (Å²) in [4.78, 5) is 24.1. The smallest absolute Gasteiger partial charge is 0.233 e. The number of benzene rings is 2. The van der Waals surface area contributed by atoms with Gasteiger partial charge in [-0.25, -0.2) is 0 Å². The van der Waals surface area contributed by atoms with Crippen LogP contribution in [0, 0.1) is 18.3 Å². The Morgan fingerprint density at radius 2 is 1.92 bits per heavy atom. The molecule has 0 spiro atoms. The van der Waals surface area contributed by atoms with Gasteiger partial charge in [-0.15, -0.1) is 0 Å². The van der Waals surface area contributed by atoms with E-state index in [9.17, 15) is 9.59 Å². The van der Waals surface area contributed by atoms with E-state index in [1.54, 1.807) is 37.3 Å². The molecule has 0 bridgehead atoms. The van der Waals surface area contributed by atoms with Crippen molar-refractivity contribution in [1.82, 2.24) is 0 Å². The molecule has 0 saturated carbocycles. The highest BCUT2D eigenvalue weighted by atomic mass is 35.5. The molecule has 2 N–H and O–H groups in total. The lowest BCUT2D eigenvalue weighted by atomic mass is 10.2. The minimum atomic E-state index is -0.492. The van der Waals surface area contributed by atoms with Gasteiger partial charge in [-0.2, -0.15) is 5.26 Å². The Balaban J connectivity index is 2.01. The maximum absolute atomic E-state index is 12.1. The Morgan fingerprint density at radius 3 is 2.60 bits per heavy atom. The summed E-state index contributed by atoms with van der Waals surface area (Å²) in [5.41, 5.74) is 2.09. The standard InChI is InChI=1S/C18H16ClN3O3/c1-11-6-15(16(25-2)8-14(11)19)22-18(24)9-17(23)21-13-5-3-4-12(7-13)10-20/h3-8H,9H2,1-2H3,(H,21,23)(H,22,24). The molecule has 25 heavy (non-hydrogen) atoms. The molecule has 0 radical (unpaired) electrons. The predicted octanol–water partition coefficient (Wildman–Crippen LogP) is 3.50. The molecule has 128 valence electrons. The number of nitrogens with zero attached hydrogens (tertiary/aromatic N) is 1. The average Bonchev–Trinajstić information content (AvgIpc) is 2.57. The van der Waals surface area contributed by atoms with Crippen LogP contribution in [-0.2, 0) is 9.59 Å². The summed E-state index contributed by atoms with van der Waals surface area (Å²) >= 11 is 6.02. The Kier molecular flexibility index (Phi) is 5.98. The van der Waals surface area contributed by atoms with Crippen molar-refractivity contribution in [3.05, 3.63) is 52.5 Å². The number of hydrogen-bond acceptors (Lipinski definition) is 4. The van der Waals surface area contributed by atoms with Gasteiger partial charge in [-0.1, -0.05) is 17.7 Å². The molecule has 6 nitrogen and oxygen atoms in total. The van der Waals surface area contributed by atoms with E-state index in [0.717, 1.165) is 5.56 Å². The van der Waals surface area contributed by atoms with Gasteiger partial charge >= 0.3 is 0 Å². The Bertz CT molecular complexity index is 859. The summed E-state index contributed by atoms with van der Waals surface area (Å²) in [6.07, 6.45) is -0.373. The molecule has 7 heteroatoms. The number of rotatable bonds is 5. The molecule has 0 atom stereocenters. The lowest BCUT2D eigenvalue weighted by Gasteiger charge is -2.12. The van der Waals surface area contributed by atoms with Crippen LogP contribution in [0.5, 0.6) is 5.75 Å². The first-order valence-electron chi connectivity index (χ1n) is 7.37. The van der Waals surface area contributed by atoms with E-state index < -0.39 is 11.8 Å². The third kappa shape index (κ3) is 4.96. The number of amides is 2. The number of hydrogen-bond donors (Lipinski definition) is 2. The fourth-order valence-corrected chi connectivity index (χ4v) is 2.30. The average molecular weight is 358 g/mol. The third-order valence-corrected chi connectivity index (χ3v) is 3.76. The van der Waals surface area contributed by atoms with Gasteiger partial charge < -0.3 is 15.4 Å². The Morgan fingerprint density at radius 1 is 1.20 bits per heavy atom. The first-order valence-corrected chi connectivity index (χ1v) is 7.74. The van der Waals surface area contributed by atoms with E-state index in [2.05, 4.69) is 10.6 Å². The van der Waals surface area contributed by atoms with Crippen LogP contribution >= 0.6 is 11.6 Å². The van der Waals surface area contributed by atoms with E-state index in [-0.39, 0.29) is 6.42 Å². The minimum absolute atomic E-state index is 0.373. The van der Waals surface area contributed by atoms with Crippen LogP contribution in [0.15, 0.2) is 36.4 Å². The molecule has 0 aliphatic rings. The summed E-state index contributed by atoms with van der Waals surface area (Å²) in [6, 6.07) is 11.7. The molecular formula is C18H16ClN3O3. The van der Waals surface area contributed by atoms with Crippen LogP contribution in [0.25, 0.3) is 0 Å². The number of anilines is 2. The summed E-state index contributed by atoms with van der Waals surface area (Å²) < 4.78 is 5.18. The van der Waals surface area contributed by atoms with Gasteiger partial charge in [0.1, 0.15) is 12.2 Å². The highest BCUT2D eigenvalue weighted by molar-refractivity contribution is 6.31. The fourth-order valence-electron chi connectivity index (χ4n) is 2.14. The van der Waals surface area contributed by atoms with Crippen molar-refractivity contribution in [2.24, 2.45) is 0 Å². The number of ether oxygens (including phenoxy) is 1. The van der Waals surface area contributed by atoms with Crippen molar-refractivity contribution < 1.29 is 14.3 Å². The summed E-state index contributed by atoms with van der Waals surface area (Å²) in [5.74, 6) is -0.572. The molecule has 0 unspecified atom stereocenters. The largest absolute Gasteiger partial charge is 0.495 e. The number of aryl methyl sites for hydroxylation is 1. The molecular weight excluding hydrogens is 342 g/mol. The number of carbonyl (C=O) groups is 2. The number of nitriles is 1. The van der Waals surface area contributed by atoms with Crippen LogP contribution in [0.2, 0.25) is 5.02 Å². The second-order valence-electron chi connectivity index (χ2n) is 5.27. The number of carbonyl (C=O) groups excluding carboxylic acids is 2. The maximum Gasteiger partial charge on any atom is 0.233 e. The van der Waals surface area contributed by atoms with E-state index in [4.69, 9.17) is 21.6 Å². The molecule has 0 aliphatic heterocycles. The molecule has 2 aromatic carbocycles. The third-order valence-electron chi connectivity index (χ3n) is 3.35. The van der Waals surface area contributed by atoms with Crippen LogP contribution in [0.3, 0.4) is 0 Å². The van der Waals surface area contributed by atoms with Gasteiger partial charge in [-0.3, -0.25) is 9.59 Å². The molecule has 0 heterocycles. The van der Waals surface area contributed by atoms with Gasteiger partial charge in [0.2, 0.25) is 11.8 Å². The van der Waals surface area contributed by atoms with Crippen molar-refractivity contribution in [3.63, 3.8) is 0 Å². The van der Waals surface area contributed by atoms with Crippen molar-refractivity contribution in [2.75, 3.05) is 17.7 Å². The summed E-state index contributed by atoms with van der Waals surface area (Å²) in [5, 5.41) is 14.6. The number of methoxy groups -OCH3 is 1. The van der Waals surface area contributed by atoms with Crippen LogP contribution < -0.4 is 15.4 Å². The molecule has 0 aliphatic carbocycles. The zero-order valence-electron chi connectivity index (χ0n) is 13.7. The molecule has 2 amide bonds. The predicted molar refractivity (Wildman–Crippen MR) is 95.8 cm³/mol. The molecule has 2 aromatic rings. The van der Waals surface area contributed by atoms with Crippen molar-refractivity contribution in [1.29, 1.82) is 5.26 Å². The van der Waals surface area contributed by atoms with Crippen LogP contribution in [-0.4, -0.2) is 18.9 Å². The van der Waals surface area contributed by atoms with E-state index in [1.165, 1.54) is 13.2 Å². The molecule has 2 rings (SSSR count). The van der Waals surface area contributed by atoms with Crippen molar-refractivity contribution in [2.45, 2.75) is 13.3 Å². The second-order valence-corrected chi connectivity index (χ2v) is 5.67. The lowest BCUT2D eigenvalue weighted by Crippen LogP contribution is -2.21. The van der Waals surface area contributed by atoms with Gasteiger partial charge in [0, 0.05) is 16.8 Å². The molecule has 0 fully saturated rings. The molecule has 0 saturated heterocycles. The quantitative estimate of drug-likeness (QED) is 0.801. The lowest BCUT2D eigenvalue weighted by molar-refractivity contribution is -0.123. The zero-order chi connectivity index (χ0) is 18.4. The molecule has 0 aromatic heterocycles. The first kappa shape index (κ1) is 18.3.